The van der Waals surface area contributed by atoms with Crippen LogP contribution in [0, 0.1) is 0 Å². The van der Waals surface area contributed by atoms with Gasteiger partial charge in [-0.25, -0.2) is 0 Å². The first-order valence-corrected chi connectivity index (χ1v) is 7.34. The summed E-state index contributed by atoms with van der Waals surface area (Å²) >= 11 is 1.78. The third kappa shape index (κ3) is 4.24. The van der Waals surface area contributed by atoms with E-state index in [9.17, 15) is 0 Å². The average molecular weight is 238 g/mol. The third-order valence-corrected chi connectivity index (χ3v) is 3.96. The first-order valence-electron chi connectivity index (χ1n) is 6.40. The molecule has 2 N–H and O–H groups in total. The first-order chi connectivity index (χ1) is 7.95. The predicted molar refractivity (Wildman–Crippen MR) is 70.9 cm³/mol. The number of piperidine rings is 1. The van der Waals surface area contributed by atoms with E-state index in [0.29, 0.717) is 0 Å². The molecule has 2 nitrogen and oxygen atoms in total. The molecule has 3 heteroatoms. The molecule has 1 aromatic heterocycles. The molecule has 1 fully saturated rings. The van der Waals surface area contributed by atoms with Crippen molar-refractivity contribution >= 4 is 11.3 Å². The predicted octanol–water partition coefficient (Wildman–Crippen LogP) is 2.76. The van der Waals surface area contributed by atoms with Gasteiger partial charge in [-0.05, 0) is 61.2 Å². The van der Waals surface area contributed by atoms with Gasteiger partial charge in [-0.15, -0.1) is 0 Å². The smallest absolute Gasteiger partial charge is 0.0213 e. The highest BCUT2D eigenvalue weighted by Gasteiger charge is 2.11. The summed E-state index contributed by atoms with van der Waals surface area (Å²) in [4.78, 5) is 0. The molecule has 1 atom stereocenters. The highest BCUT2D eigenvalue weighted by atomic mass is 32.1. The zero-order valence-electron chi connectivity index (χ0n) is 9.87. The van der Waals surface area contributed by atoms with Crippen molar-refractivity contribution in [1.29, 1.82) is 0 Å². The summed E-state index contributed by atoms with van der Waals surface area (Å²) in [5.41, 5.74) is 1.42. The minimum absolute atomic E-state index is 0.789. The van der Waals surface area contributed by atoms with Crippen LogP contribution in [0.4, 0.5) is 0 Å². The van der Waals surface area contributed by atoms with Gasteiger partial charge >= 0.3 is 0 Å². The van der Waals surface area contributed by atoms with Crippen molar-refractivity contribution in [2.24, 2.45) is 0 Å². The second kappa shape index (κ2) is 7.05. The van der Waals surface area contributed by atoms with Crippen molar-refractivity contribution in [3.05, 3.63) is 22.4 Å². The van der Waals surface area contributed by atoms with Gasteiger partial charge in [-0.2, -0.15) is 11.3 Å². The summed E-state index contributed by atoms with van der Waals surface area (Å²) in [5.74, 6) is 0. The van der Waals surface area contributed by atoms with Gasteiger partial charge in [0.05, 0.1) is 0 Å². The van der Waals surface area contributed by atoms with Gasteiger partial charge < -0.3 is 10.6 Å². The van der Waals surface area contributed by atoms with Crippen LogP contribution in [0.3, 0.4) is 0 Å². The van der Waals surface area contributed by atoms with Crippen molar-refractivity contribution in [3.8, 4) is 0 Å². The molecule has 16 heavy (non-hydrogen) atoms. The number of rotatable bonds is 6. The molecule has 0 amide bonds. The van der Waals surface area contributed by atoms with Gasteiger partial charge in [0.15, 0.2) is 0 Å². The van der Waals surface area contributed by atoms with E-state index in [1.807, 2.05) is 0 Å². The molecule has 0 radical (unpaired) electrons. The number of nitrogens with one attached hydrogen (secondary N) is 2. The lowest BCUT2D eigenvalue weighted by atomic mass is 10.0. The number of thiophene rings is 1. The van der Waals surface area contributed by atoms with Crippen LogP contribution in [0.15, 0.2) is 16.8 Å². The maximum absolute atomic E-state index is 3.60. The van der Waals surface area contributed by atoms with Crippen LogP contribution in [-0.4, -0.2) is 19.1 Å². The number of hydrogen-bond donors (Lipinski definition) is 2. The van der Waals surface area contributed by atoms with Crippen molar-refractivity contribution < 1.29 is 0 Å². The summed E-state index contributed by atoms with van der Waals surface area (Å²) in [6.45, 7) is 3.41. The zero-order chi connectivity index (χ0) is 11.1. The van der Waals surface area contributed by atoms with E-state index in [0.717, 1.165) is 19.1 Å². The fourth-order valence-electron chi connectivity index (χ4n) is 2.27. The largest absolute Gasteiger partial charge is 0.314 e. The molecule has 1 aliphatic heterocycles. The van der Waals surface area contributed by atoms with Crippen molar-refractivity contribution in [3.63, 3.8) is 0 Å². The van der Waals surface area contributed by atoms with Crippen LogP contribution in [-0.2, 0) is 6.54 Å². The Hall–Kier alpha value is -0.380. The molecule has 1 aromatic rings. The fourth-order valence-corrected chi connectivity index (χ4v) is 2.94. The van der Waals surface area contributed by atoms with E-state index in [4.69, 9.17) is 0 Å². The summed E-state index contributed by atoms with van der Waals surface area (Å²) < 4.78 is 0. The van der Waals surface area contributed by atoms with Gasteiger partial charge in [0, 0.05) is 12.6 Å². The molecular weight excluding hydrogens is 216 g/mol. The second-order valence-electron chi connectivity index (χ2n) is 4.60. The zero-order valence-corrected chi connectivity index (χ0v) is 10.7. The Bertz CT molecular complexity index is 265. The van der Waals surface area contributed by atoms with Gasteiger partial charge in [0.25, 0.3) is 0 Å². The fraction of sp³-hybridized carbons (Fsp3) is 0.692. The Balaban J connectivity index is 1.48. The average Bonchev–Trinajstić information content (AvgIpc) is 2.83. The monoisotopic (exact) mass is 238 g/mol. The van der Waals surface area contributed by atoms with Gasteiger partial charge in [-0.1, -0.05) is 6.42 Å². The van der Waals surface area contributed by atoms with Crippen molar-refractivity contribution in [1.82, 2.24) is 10.6 Å². The second-order valence-corrected chi connectivity index (χ2v) is 5.38. The quantitative estimate of drug-likeness (QED) is 0.745. The summed E-state index contributed by atoms with van der Waals surface area (Å²) in [6, 6.07) is 2.98. The van der Waals surface area contributed by atoms with Gasteiger partial charge in [0.1, 0.15) is 0 Å². The highest BCUT2D eigenvalue weighted by Crippen LogP contribution is 2.11. The summed E-state index contributed by atoms with van der Waals surface area (Å²) in [7, 11) is 0. The molecule has 0 bridgehead atoms. The Morgan fingerprint density at radius 1 is 1.44 bits per heavy atom. The van der Waals surface area contributed by atoms with E-state index >= 15 is 0 Å². The molecule has 2 heterocycles. The van der Waals surface area contributed by atoms with E-state index < -0.39 is 0 Å². The van der Waals surface area contributed by atoms with Crippen LogP contribution in [0.5, 0.6) is 0 Å². The molecule has 0 spiro atoms. The van der Waals surface area contributed by atoms with Crippen LogP contribution >= 0.6 is 11.3 Å². The van der Waals surface area contributed by atoms with Crippen LogP contribution in [0.25, 0.3) is 0 Å². The minimum Gasteiger partial charge on any atom is -0.314 e. The molecular formula is C13H22N2S. The Morgan fingerprint density at radius 2 is 2.44 bits per heavy atom. The molecule has 0 aromatic carbocycles. The SMILES string of the molecule is c1cc(CNCCCC2CCCCN2)cs1. The van der Waals surface area contributed by atoms with E-state index in [1.54, 1.807) is 11.3 Å². The van der Waals surface area contributed by atoms with Crippen LogP contribution in [0.1, 0.15) is 37.7 Å². The van der Waals surface area contributed by atoms with Crippen LogP contribution < -0.4 is 10.6 Å². The summed E-state index contributed by atoms with van der Waals surface area (Å²) in [5, 5.41) is 11.5. The lowest BCUT2D eigenvalue weighted by molar-refractivity contribution is 0.373. The van der Waals surface area contributed by atoms with Crippen molar-refractivity contribution in [2.75, 3.05) is 13.1 Å². The summed E-state index contributed by atoms with van der Waals surface area (Å²) in [6.07, 6.45) is 6.79. The first kappa shape index (κ1) is 12.1. The Labute approximate surface area is 102 Å². The Morgan fingerprint density at radius 3 is 3.19 bits per heavy atom. The minimum atomic E-state index is 0.789. The molecule has 1 saturated heterocycles. The molecule has 1 unspecified atom stereocenters. The van der Waals surface area contributed by atoms with E-state index in [2.05, 4.69) is 27.5 Å². The topological polar surface area (TPSA) is 24.1 Å². The third-order valence-electron chi connectivity index (χ3n) is 3.23. The maximum Gasteiger partial charge on any atom is 0.0213 e. The lowest BCUT2D eigenvalue weighted by Crippen LogP contribution is -2.34. The maximum atomic E-state index is 3.60. The normalized spacial score (nSPS) is 21.1. The van der Waals surface area contributed by atoms with Crippen molar-refractivity contribution in [2.45, 2.75) is 44.7 Å². The van der Waals surface area contributed by atoms with Gasteiger partial charge in [-0.3, -0.25) is 0 Å². The van der Waals surface area contributed by atoms with Crippen LogP contribution in [0.2, 0.25) is 0 Å². The highest BCUT2D eigenvalue weighted by molar-refractivity contribution is 7.07. The molecule has 90 valence electrons. The van der Waals surface area contributed by atoms with E-state index in [-0.39, 0.29) is 0 Å². The number of hydrogen-bond acceptors (Lipinski definition) is 3. The van der Waals surface area contributed by atoms with E-state index in [1.165, 1.54) is 44.2 Å². The Kier molecular flexibility index (Phi) is 5.32. The lowest BCUT2D eigenvalue weighted by Gasteiger charge is -2.23. The van der Waals surface area contributed by atoms with Gasteiger partial charge in [0.2, 0.25) is 0 Å². The molecule has 0 aliphatic carbocycles. The molecule has 2 rings (SSSR count). The molecule has 0 saturated carbocycles. The standard InChI is InChI=1S/C13H22N2S/c1-2-8-15-13(4-1)5-3-7-14-10-12-6-9-16-11-12/h6,9,11,13-15H,1-5,7-8,10H2. The molecule has 1 aliphatic rings.